The normalized spacial score (nSPS) is 19.8. The Bertz CT molecular complexity index is 436. The average molecular weight is 330 g/mol. The molecule has 0 atom stereocenters. The van der Waals surface area contributed by atoms with Crippen LogP contribution in [0.4, 0.5) is 0 Å². The molecule has 0 radical (unpaired) electrons. The molecule has 0 amide bonds. The Hall–Kier alpha value is -0.390. The van der Waals surface area contributed by atoms with Gasteiger partial charge < -0.3 is 10.0 Å². The second-order valence-corrected chi connectivity index (χ2v) is 6.37. The van der Waals surface area contributed by atoms with E-state index in [1.807, 2.05) is 4.68 Å². The number of nitrogens with zero attached hydrogens (tertiary/aromatic N) is 3. The molecular formula is C14H24BrN3O. The smallest absolute Gasteiger partial charge is 0.0766 e. The maximum absolute atomic E-state index is 10.8. The van der Waals surface area contributed by atoms with Crippen molar-refractivity contribution in [1.29, 1.82) is 0 Å². The van der Waals surface area contributed by atoms with E-state index in [1.54, 1.807) is 0 Å². The van der Waals surface area contributed by atoms with E-state index >= 15 is 0 Å². The van der Waals surface area contributed by atoms with Crippen molar-refractivity contribution in [2.45, 2.75) is 51.7 Å². The third kappa shape index (κ3) is 3.20. The molecule has 5 heteroatoms. The fourth-order valence-corrected chi connectivity index (χ4v) is 3.41. The van der Waals surface area contributed by atoms with E-state index in [0.29, 0.717) is 6.42 Å². The third-order valence-electron chi connectivity index (χ3n) is 4.11. The summed E-state index contributed by atoms with van der Waals surface area (Å²) in [6.07, 6.45) is 3.29. The van der Waals surface area contributed by atoms with Crippen molar-refractivity contribution < 1.29 is 5.11 Å². The van der Waals surface area contributed by atoms with Crippen LogP contribution in [0.5, 0.6) is 0 Å². The summed E-state index contributed by atoms with van der Waals surface area (Å²) in [5.74, 6) is 0. The van der Waals surface area contributed by atoms with E-state index in [9.17, 15) is 5.11 Å². The minimum atomic E-state index is -0.576. The fraction of sp³-hybridized carbons (Fsp3) is 0.786. The molecule has 1 aromatic heterocycles. The van der Waals surface area contributed by atoms with Crippen molar-refractivity contribution in [2.24, 2.45) is 0 Å². The Balaban J connectivity index is 2.20. The number of hydrogen-bond donors (Lipinski definition) is 1. The van der Waals surface area contributed by atoms with Crippen LogP contribution in [0, 0.1) is 0 Å². The second kappa shape index (κ2) is 5.94. The summed E-state index contributed by atoms with van der Waals surface area (Å²) in [6.45, 7) is 7.00. The zero-order valence-corrected chi connectivity index (χ0v) is 13.7. The molecule has 2 rings (SSSR count). The molecule has 0 unspecified atom stereocenters. The molecule has 0 bridgehead atoms. The Morgan fingerprint density at radius 2 is 1.95 bits per heavy atom. The summed E-state index contributed by atoms with van der Waals surface area (Å²) in [5.41, 5.74) is 1.66. The zero-order valence-electron chi connectivity index (χ0n) is 12.1. The van der Waals surface area contributed by atoms with Crippen LogP contribution >= 0.6 is 15.9 Å². The number of hydrogen-bond acceptors (Lipinski definition) is 3. The zero-order chi connectivity index (χ0) is 14.0. The van der Waals surface area contributed by atoms with Gasteiger partial charge in [0, 0.05) is 26.1 Å². The van der Waals surface area contributed by atoms with Crippen molar-refractivity contribution >= 4 is 15.9 Å². The molecule has 0 saturated carbocycles. The first-order valence-electron chi connectivity index (χ1n) is 7.14. The average Bonchev–Trinajstić information content (AvgIpc) is 2.70. The predicted molar refractivity (Wildman–Crippen MR) is 80.4 cm³/mol. The van der Waals surface area contributed by atoms with Crippen molar-refractivity contribution in [3.05, 3.63) is 15.9 Å². The van der Waals surface area contributed by atoms with Crippen LogP contribution in [-0.2, 0) is 19.4 Å². The summed E-state index contributed by atoms with van der Waals surface area (Å²) in [5, 5.41) is 15.4. The second-order valence-electron chi connectivity index (χ2n) is 5.58. The van der Waals surface area contributed by atoms with Crippen molar-refractivity contribution in [3.8, 4) is 0 Å². The first kappa shape index (κ1) is 15.0. The van der Waals surface area contributed by atoms with Crippen molar-refractivity contribution in [3.63, 3.8) is 0 Å². The Labute approximate surface area is 123 Å². The maximum Gasteiger partial charge on any atom is 0.0766 e. The van der Waals surface area contributed by atoms with Gasteiger partial charge in [-0.15, -0.1) is 0 Å². The number of aliphatic hydroxyl groups is 1. The lowest BCUT2D eigenvalue weighted by atomic mass is 9.87. The first-order chi connectivity index (χ1) is 8.99. The van der Waals surface area contributed by atoms with Gasteiger partial charge >= 0.3 is 0 Å². The molecule has 0 spiro atoms. The van der Waals surface area contributed by atoms with Gasteiger partial charge in [-0.05, 0) is 49.2 Å². The summed E-state index contributed by atoms with van der Waals surface area (Å²) >= 11 is 3.66. The number of aromatic nitrogens is 2. The molecule has 1 aliphatic heterocycles. The molecule has 2 heterocycles. The fourth-order valence-electron chi connectivity index (χ4n) is 2.71. The highest BCUT2D eigenvalue weighted by molar-refractivity contribution is 9.10. The summed E-state index contributed by atoms with van der Waals surface area (Å²) in [4.78, 5) is 2.28. The molecule has 19 heavy (non-hydrogen) atoms. The summed E-state index contributed by atoms with van der Waals surface area (Å²) < 4.78 is 3.11. The van der Waals surface area contributed by atoms with Gasteiger partial charge in [0.1, 0.15) is 0 Å². The largest absolute Gasteiger partial charge is 0.389 e. The molecule has 1 N–H and O–H groups in total. The Kier molecular flexibility index (Phi) is 4.69. The Morgan fingerprint density at radius 1 is 1.32 bits per heavy atom. The molecule has 0 aromatic carbocycles. The monoisotopic (exact) mass is 329 g/mol. The van der Waals surface area contributed by atoms with E-state index in [1.165, 1.54) is 0 Å². The molecule has 1 saturated heterocycles. The molecule has 1 aliphatic rings. The van der Waals surface area contributed by atoms with E-state index in [2.05, 4.69) is 46.8 Å². The first-order valence-corrected chi connectivity index (χ1v) is 7.93. The highest BCUT2D eigenvalue weighted by atomic mass is 79.9. The van der Waals surface area contributed by atoms with Crippen LogP contribution < -0.4 is 0 Å². The maximum atomic E-state index is 10.8. The number of aryl methyl sites for hydroxylation is 2. The van der Waals surface area contributed by atoms with Gasteiger partial charge in [0.25, 0.3) is 0 Å². The van der Waals surface area contributed by atoms with Crippen LogP contribution in [0.1, 0.15) is 38.1 Å². The summed E-state index contributed by atoms with van der Waals surface area (Å²) in [6, 6.07) is 0. The van der Waals surface area contributed by atoms with Crippen LogP contribution in [0.25, 0.3) is 0 Å². The van der Waals surface area contributed by atoms with E-state index < -0.39 is 5.60 Å². The molecule has 4 nitrogen and oxygen atoms in total. The quantitative estimate of drug-likeness (QED) is 0.920. The van der Waals surface area contributed by atoms with Crippen LogP contribution in [0.15, 0.2) is 4.47 Å². The predicted octanol–water partition coefficient (Wildman–Crippen LogP) is 2.23. The van der Waals surface area contributed by atoms with E-state index in [0.717, 1.165) is 54.8 Å². The van der Waals surface area contributed by atoms with Crippen molar-refractivity contribution in [2.75, 3.05) is 20.1 Å². The van der Waals surface area contributed by atoms with Gasteiger partial charge in [-0.25, -0.2) is 0 Å². The minimum Gasteiger partial charge on any atom is -0.389 e. The van der Waals surface area contributed by atoms with Gasteiger partial charge in [0.2, 0.25) is 0 Å². The molecule has 1 aromatic rings. The van der Waals surface area contributed by atoms with Gasteiger partial charge in [-0.1, -0.05) is 6.92 Å². The standard InChI is InChI=1S/C14H24BrN3O/c1-4-11-13(15)12(18(5-2)16-11)10-14(19)6-8-17(3)9-7-14/h19H,4-10H2,1-3H3. The van der Waals surface area contributed by atoms with Gasteiger partial charge in [0.05, 0.1) is 21.5 Å². The lowest BCUT2D eigenvalue weighted by Crippen LogP contribution is -2.44. The number of rotatable bonds is 4. The summed E-state index contributed by atoms with van der Waals surface area (Å²) in [7, 11) is 2.11. The minimum absolute atomic E-state index is 0.576. The van der Waals surface area contributed by atoms with Crippen molar-refractivity contribution in [1.82, 2.24) is 14.7 Å². The van der Waals surface area contributed by atoms with Crippen LogP contribution in [0.3, 0.4) is 0 Å². The Morgan fingerprint density at radius 3 is 2.47 bits per heavy atom. The van der Waals surface area contributed by atoms with Gasteiger partial charge in [-0.2, -0.15) is 5.10 Å². The SMILES string of the molecule is CCc1nn(CC)c(CC2(O)CCN(C)CC2)c1Br. The van der Waals surface area contributed by atoms with E-state index in [-0.39, 0.29) is 0 Å². The molecule has 108 valence electrons. The molecule has 0 aliphatic carbocycles. The number of halogens is 1. The highest BCUT2D eigenvalue weighted by Crippen LogP contribution is 2.31. The number of likely N-dealkylation sites (tertiary alicyclic amines) is 1. The van der Waals surface area contributed by atoms with Crippen LogP contribution in [0.2, 0.25) is 0 Å². The topological polar surface area (TPSA) is 41.3 Å². The lowest BCUT2D eigenvalue weighted by molar-refractivity contribution is -0.0166. The molecular weight excluding hydrogens is 306 g/mol. The molecule has 1 fully saturated rings. The lowest BCUT2D eigenvalue weighted by Gasteiger charge is -2.36. The van der Waals surface area contributed by atoms with Gasteiger partial charge in [-0.3, -0.25) is 4.68 Å². The van der Waals surface area contributed by atoms with Crippen LogP contribution in [-0.4, -0.2) is 45.5 Å². The third-order valence-corrected chi connectivity index (χ3v) is 5.02. The van der Waals surface area contributed by atoms with Gasteiger partial charge in [0.15, 0.2) is 0 Å². The van der Waals surface area contributed by atoms with E-state index in [4.69, 9.17) is 0 Å². The highest BCUT2D eigenvalue weighted by Gasteiger charge is 2.33. The number of piperidine rings is 1.